The van der Waals surface area contributed by atoms with Crippen LogP contribution in [0.2, 0.25) is 0 Å². The minimum atomic E-state index is -0.815. The lowest BCUT2D eigenvalue weighted by Crippen LogP contribution is -2.49. The highest BCUT2D eigenvalue weighted by molar-refractivity contribution is 5.82. The first-order valence-corrected chi connectivity index (χ1v) is 6.33. The molecule has 17 heavy (non-hydrogen) atoms. The third kappa shape index (κ3) is 4.00. The van der Waals surface area contributed by atoms with Gasteiger partial charge in [0, 0.05) is 13.1 Å². The summed E-state index contributed by atoms with van der Waals surface area (Å²) in [6, 6.07) is -0.470. The van der Waals surface area contributed by atoms with Gasteiger partial charge in [-0.1, -0.05) is 19.8 Å². The van der Waals surface area contributed by atoms with Gasteiger partial charge in [0.15, 0.2) is 0 Å². The highest BCUT2D eigenvalue weighted by atomic mass is 16.4. The molecule has 0 saturated carbocycles. The van der Waals surface area contributed by atoms with E-state index in [4.69, 9.17) is 10.8 Å². The molecule has 1 fully saturated rings. The van der Waals surface area contributed by atoms with E-state index in [9.17, 15) is 9.59 Å². The van der Waals surface area contributed by atoms with Crippen LogP contribution >= 0.6 is 0 Å². The number of unbranched alkanes of at least 4 members (excludes halogenated alkanes) is 1. The number of aliphatic carboxylic acids is 1. The lowest BCUT2D eigenvalue weighted by molar-refractivity contribution is -0.146. The first-order valence-electron chi connectivity index (χ1n) is 6.33. The Kier molecular flexibility index (Phi) is 5.41. The first-order chi connectivity index (χ1) is 8.06. The van der Waals surface area contributed by atoms with Crippen molar-refractivity contribution >= 4 is 11.9 Å². The van der Waals surface area contributed by atoms with Crippen molar-refractivity contribution in [1.82, 2.24) is 4.90 Å². The molecule has 1 rings (SSSR count). The maximum Gasteiger partial charge on any atom is 0.308 e. The SMILES string of the molecule is CCCCC(N)C(=O)N1CCCC(C(=O)O)C1. The van der Waals surface area contributed by atoms with Crippen molar-refractivity contribution in [3.63, 3.8) is 0 Å². The predicted molar refractivity (Wildman–Crippen MR) is 64.4 cm³/mol. The Hall–Kier alpha value is -1.10. The van der Waals surface area contributed by atoms with Crippen molar-refractivity contribution in [3.8, 4) is 0 Å². The van der Waals surface area contributed by atoms with Crippen LogP contribution in [0.5, 0.6) is 0 Å². The number of nitrogens with two attached hydrogens (primary N) is 1. The number of carbonyl (C=O) groups is 2. The summed E-state index contributed by atoms with van der Waals surface area (Å²) >= 11 is 0. The number of hydrogen-bond acceptors (Lipinski definition) is 3. The fourth-order valence-corrected chi connectivity index (χ4v) is 2.16. The summed E-state index contributed by atoms with van der Waals surface area (Å²) in [5, 5.41) is 8.95. The van der Waals surface area contributed by atoms with E-state index in [0.717, 1.165) is 19.3 Å². The molecule has 1 aliphatic rings. The van der Waals surface area contributed by atoms with E-state index >= 15 is 0 Å². The maximum absolute atomic E-state index is 12.0. The number of piperidine rings is 1. The number of carbonyl (C=O) groups excluding carboxylic acids is 1. The van der Waals surface area contributed by atoms with Crippen LogP contribution in [0.25, 0.3) is 0 Å². The predicted octanol–water partition coefficient (Wildman–Crippen LogP) is 0.827. The summed E-state index contributed by atoms with van der Waals surface area (Å²) in [5.74, 6) is -1.33. The Morgan fingerprint density at radius 3 is 2.82 bits per heavy atom. The van der Waals surface area contributed by atoms with Crippen molar-refractivity contribution in [1.29, 1.82) is 0 Å². The van der Waals surface area contributed by atoms with Crippen molar-refractivity contribution in [2.45, 2.75) is 45.1 Å². The molecule has 1 saturated heterocycles. The van der Waals surface area contributed by atoms with Crippen molar-refractivity contribution in [3.05, 3.63) is 0 Å². The quantitative estimate of drug-likeness (QED) is 0.748. The van der Waals surface area contributed by atoms with Crippen LogP contribution in [0.15, 0.2) is 0 Å². The normalized spacial score (nSPS) is 22.2. The Labute approximate surface area is 102 Å². The highest BCUT2D eigenvalue weighted by Crippen LogP contribution is 2.17. The number of rotatable bonds is 5. The molecule has 0 spiro atoms. The topological polar surface area (TPSA) is 83.6 Å². The molecule has 1 amide bonds. The third-order valence-corrected chi connectivity index (χ3v) is 3.27. The van der Waals surface area contributed by atoms with Gasteiger partial charge in [-0.15, -0.1) is 0 Å². The standard InChI is InChI=1S/C12H22N2O3/c1-2-3-6-10(13)11(15)14-7-4-5-9(8-14)12(16)17/h9-10H,2-8,13H2,1H3,(H,16,17). The largest absolute Gasteiger partial charge is 0.481 e. The Morgan fingerprint density at radius 2 is 2.24 bits per heavy atom. The summed E-state index contributed by atoms with van der Waals surface area (Å²) in [5.41, 5.74) is 5.82. The average molecular weight is 242 g/mol. The minimum Gasteiger partial charge on any atom is -0.481 e. The van der Waals surface area contributed by atoms with Gasteiger partial charge in [0.05, 0.1) is 12.0 Å². The van der Waals surface area contributed by atoms with Crippen LogP contribution in [0.3, 0.4) is 0 Å². The van der Waals surface area contributed by atoms with Crippen LogP contribution in [0.4, 0.5) is 0 Å². The van der Waals surface area contributed by atoms with Gasteiger partial charge in [0.2, 0.25) is 5.91 Å². The van der Waals surface area contributed by atoms with Crippen LogP contribution in [0, 0.1) is 5.92 Å². The Morgan fingerprint density at radius 1 is 1.53 bits per heavy atom. The summed E-state index contributed by atoms with van der Waals surface area (Å²) in [7, 11) is 0. The average Bonchev–Trinajstić information content (AvgIpc) is 2.35. The fourth-order valence-electron chi connectivity index (χ4n) is 2.16. The van der Waals surface area contributed by atoms with Crippen molar-refractivity contribution < 1.29 is 14.7 Å². The number of hydrogen-bond donors (Lipinski definition) is 2. The fraction of sp³-hybridized carbons (Fsp3) is 0.833. The van der Waals surface area contributed by atoms with Gasteiger partial charge in [0.25, 0.3) is 0 Å². The third-order valence-electron chi connectivity index (χ3n) is 3.27. The second-order valence-corrected chi connectivity index (χ2v) is 4.71. The molecule has 5 heteroatoms. The zero-order valence-electron chi connectivity index (χ0n) is 10.4. The Balaban J connectivity index is 2.48. The molecule has 0 radical (unpaired) electrons. The van der Waals surface area contributed by atoms with Crippen LogP contribution in [0.1, 0.15) is 39.0 Å². The van der Waals surface area contributed by atoms with Crippen LogP contribution in [-0.4, -0.2) is 41.0 Å². The second kappa shape index (κ2) is 6.59. The molecule has 0 aromatic rings. The molecule has 0 bridgehead atoms. The molecule has 2 unspecified atom stereocenters. The number of carboxylic acids is 1. The molecular weight excluding hydrogens is 220 g/mol. The molecule has 0 aromatic heterocycles. The van der Waals surface area contributed by atoms with E-state index in [-0.39, 0.29) is 5.91 Å². The number of likely N-dealkylation sites (tertiary alicyclic amines) is 1. The van der Waals surface area contributed by atoms with Gasteiger partial charge in [-0.25, -0.2) is 0 Å². The molecule has 1 heterocycles. The molecule has 2 atom stereocenters. The Bertz CT molecular complexity index is 281. The summed E-state index contributed by atoms with van der Waals surface area (Å²) in [6.07, 6.45) is 4.04. The molecule has 3 N–H and O–H groups in total. The molecule has 0 aliphatic carbocycles. The van der Waals surface area contributed by atoms with Crippen LogP contribution < -0.4 is 5.73 Å². The van der Waals surface area contributed by atoms with Crippen LogP contribution in [-0.2, 0) is 9.59 Å². The van der Waals surface area contributed by atoms with Gasteiger partial charge < -0.3 is 15.7 Å². The van der Waals surface area contributed by atoms with E-state index < -0.39 is 17.9 Å². The lowest BCUT2D eigenvalue weighted by atomic mass is 9.97. The van der Waals surface area contributed by atoms with E-state index in [0.29, 0.717) is 25.9 Å². The first kappa shape index (κ1) is 14.0. The smallest absolute Gasteiger partial charge is 0.308 e. The lowest BCUT2D eigenvalue weighted by Gasteiger charge is -2.32. The molecular formula is C12H22N2O3. The van der Waals surface area contributed by atoms with E-state index in [2.05, 4.69) is 6.92 Å². The number of nitrogens with zero attached hydrogens (tertiary/aromatic N) is 1. The molecule has 1 aliphatic heterocycles. The van der Waals surface area contributed by atoms with E-state index in [1.165, 1.54) is 0 Å². The molecule has 5 nitrogen and oxygen atoms in total. The van der Waals surface area contributed by atoms with Crippen molar-refractivity contribution in [2.75, 3.05) is 13.1 Å². The van der Waals surface area contributed by atoms with Gasteiger partial charge in [-0.2, -0.15) is 0 Å². The van der Waals surface area contributed by atoms with Gasteiger partial charge in [0.1, 0.15) is 0 Å². The van der Waals surface area contributed by atoms with Gasteiger partial charge >= 0.3 is 5.97 Å². The van der Waals surface area contributed by atoms with E-state index in [1.54, 1.807) is 4.90 Å². The molecule has 0 aromatic carbocycles. The number of amides is 1. The van der Waals surface area contributed by atoms with Gasteiger partial charge in [-0.05, 0) is 19.3 Å². The maximum atomic E-state index is 12.0. The van der Waals surface area contributed by atoms with Crippen molar-refractivity contribution in [2.24, 2.45) is 11.7 Å². The summed E-state index contributed by atoms with van der Waals surface area (Å²) in [6.45, 7) is 3.01. The molecule has 98 valence electrons. The van der Waals surface area contributed by atoms with Gasteiger partial charge in [-0.3, -0.25) is 9.59 Å². The second-order valence-electron chi connectivity index (χ2n) is 4.71. The minimum absolute atomic E-state index is 0.0931. The summed E-state index contributed by atoms with van der Waals surface area (Å²) < 4.78 is 0. The highest BCUT2D eigenvalue weighted by Gasteiger charge is 2.30. The zero-order chi connectivity index (χ0) is 12.8. The monoisotopic (exact) mass is 242 g/mol. The number of carboxylic acid groups (broad SMARTS) is 1. The van der Waals surface area contributed by atoms with E-state index in [1.807, 2.05) is 0 Å². The zero-order valence-corrected chi connectivity index (χ0v) is 10.4. The summed E-state index contributed by atoms with van der Waals surface area (Å²) in [4.78, 5) is 24.5.